The van der Waals surface area contributed by atoms with Gasteiger partial charge in [-0.15, -0.1) is 16.1 Å². The van der Waals surface area contributed by atoms with Gasteiger partial charge in [0.1, 0.15) is 0 Å². The lowest BCUT2D eigenvalue weighted by Crippen LogP contribution is -1.73. The first kappa shape index (κ1) is 8.15. The maximum atomic E-state index is 5.10. The third kappa shape index (κ3) is 2.64. The summed E-state index contributed by atoms with van der Waals surface area (Å²) in [6, 6.07) is 0. The molecule has 1 rings (SSSR count). The predicted octanol–water partition coefficient (Wildman–Crippen LogP) is 1.49. The van der Waals surface area contributed by atoms with Gasteiger partial charge in [0.15, 0.2) is 0 Å². The Morgan fingerprint density at radius 1 is 1.55 bits per heavy atom. The normalized spacial score (nSPS) is 8.91. The van der Waals surface area contributed by atoms with E-state index >= 15 is 0 Å². The molecule has 3 nitrogen and oxygen atoms in total. The number of thioether (sulfide) groups is 1. The molecule has 0 aliphatic heterocycles. The van der Waals surface area contributed by atoms with Crippen LogP contribution in [0.1, 0.15) is 12.8 Å². The molecule has 0 unspecified atom stereocenters. The van der Waals surface area contributed by atoms with E-state index in [0.29, 0.717) is 16.9 Å². The van der Waals surface area contributed by atoms with Gasteiger partial charge in [0.25, 0.3) is 5.22 Å². The van der Waals surface area contributed by atoms with Crippen LogP contribution in [0.3, 0.4) is 0 Å². The fraction of sp³-hybridized carbons (Fsp3) is 0.429. The van der Waals surface area contributed by atoms with Gasteiger partial charge in [0, 0.05) is 6.92 Å². The van der Waals surface area contributed by atoms with Crippen LogP contribution in [-0.4, -0.2) is 16.0 Å². The van der Waals surface area contributed by atoms with Gasteiger partial charge in [-0.3, -0.25) is 0 Å². The first-order valence-electron chi connectivity index (χ1n) is 3.15. The maximum Gasteiger partial charge on any atom is 0.277 e. The minimum atomic E-state index is 0.588. The molecule has 0 aliphatic rings. The van der Waals surface area contributed by atoms with Crippen LogP contribution in [0.4, 0.5) is 0 Å². The summed E-state index contributed by atoms with van der Waals surface area (Å²) in [5.74, 6) is 6.98. The molecule has 0 aliphatic carbocycles. The Bertz CT molecular complexity index is 284. The van der Waals surface area contributed by atoms with Gasteiger partial charge in [-0.05, 0) is 6.92 Å². The Labute approximate surface area is 69.6 Å². The van der Waals surface area contributed by atoms with Crippen LogP contribution < -0.4 is 0 Å². The molecule has 0 fully saturated rings. The van der Waals surface area contributed by atoms with Crippen molar-refractivity contribution >= 4 is 11.8 Å². The average Bonchev–Trinajstić information content (AvgIpc) is 2.37. The summed E-state index contributed by atoms with van der Waals surface area (Å²) < 4.78 is 5.10. The smallest absolute Gasteiger partial charge is 0.277 e. The maximum absolute atomic E-state index is 5.10. The summed E-state index contributed by atoms with van der Waals surface area (Å²) in [5, 5.41) is 8.06. The van der Waals surface area contributed by atoms with Crippen molar-refractivity contribution in [2.45, 2.75) is 19.1 Å². The first-order chi connectivity index (χ1) is 5.33. The zero-order valence-electron chi connectivity index (χ0n) is 6.42. The van der Waals surface area contributed by atoms with Crippen molar-refractivity contribution in [2.24, 2.45) is 0 Å². The standard InChI is InChI=1S/C7H8N2OS/c1-3-4-5-11-7-9-8-6(2)10-7/h5H2,1-2H3. The van der Waals surface area contributed by atoms with Crippen LogP contribution in [-0.2, 0) is 0 Å². The van der Waals surface area contributed by atoms with Crippen LogP contribution in [0, 0.1) is 18.8 Å². The summed E-state index contributed by atoms with van der Waals surface area (Å²) in [6.07, 6.45) is 0. The number of hydrogen-bond donors (Lipinski definition) is 0. The van der Waals surface area contributed by atoms with Crippen molar-refractivity contribution < 1.29 is 4.42 Å². The van der Waals surface area contributed by atoms with Crippen molar-refractivity contribution in [3.8, 4) is 11.8 Å². The molecule has 0 spiro atoms. The van der Waals surface area contributed by atoms with Crippen LogP contribution in [0.15, 0.2) is 9.64 Å². The van der Waals surface area contributed by atoms with Crippen molar-refractivity contribution in [1.82, 2.24) is 10.2 Å². The van der Waals surface area contributed by atoms with E-state index in [1.165, 1.54) is 11.8 Å². The lowest BCUT2D eigenvalue weighted by molar-refractivity contribution is 0.429. The molecule has 1 aromatic heterocycles. The molecular weight excluding hydrogens is 160 g/mol. The Hall–Kier alpha value is -0.950. The average molecular weight is 168 g/mol. The number of aryl methyl sites for hydroxylation is 1. The highest BCUT2D eigenvalue weighted by Gasteiger charge is 1.99. The van der Waals surface area contributed by atoms with E-state index in [1.807, 2.05) is 0 Å². The number of aromatic nitrogens is 2. The van der Waals surface area contributed by atoms with Crippen molar-refractivity contribution in [2.75, 3.05) is 5.75 Å². The number of hydrogen-bond acceptors (Lipinski definition) is 4. The third-order valence-corrected chi connectivity index (χ3v) is 1.65. The molecule has 58 valence electrons. The fourth-order valence-electron chi connectivity index (χ4n) is 0.507. The van der Waals surface area contributed by atoms with Crippen molar-refractivity contribution in [1.29, 1.82) is 0 Å². The molecule has 0 saturated heterocycles. The van der Waals surface area contributed by atoms with Gasteiger partial charge in [-0.2, -0.15) is 0 Å². The van der Waals surface area contributed by atoms with Crippen molar-refractivity contribution in [3.63, 3.8) is 0 Å². The van der Waals surface area contributed by atoms with Crippen LogP contribution >= 0.6 is 11.8 Å². The second kappa shape index (κ2) is 4.04. The Morgan fingerprint density at radius 2 is 2.36 bits per heavy atom. The van der Waals surface area contributed by atoms with Gasteiger partial charge in [-0.25, -0.2) is 0 Å². The number of rotatable bonds is 2. The molecule has 0 atom stereocenters. The molecule has 0 saturated carbocycles. The van der Waals surface area contributed by atoms with Crippen molar-refractivity contribution in [3.05, 3.63) is 5.89 Å². The van der Waals surface area contributed by atoms with Gasteiger partial charge < -0.3 is 4.42 Å². The SMILES string of the molecule is CC#CCSc1nnc(C)o1. The Balaban J connectivity index is 2.43. The highest BCUT2D eigenvalue weighted by molar-refractivity contribution is 7.99. The number of nitrogens with zero attached hydrogens (tertiary/aromatic N) is 2. The van der Waals surface area contributed by atoms with Crippen LogP contribution in [0.5, 0.6) is 0 Å². The molecule has 4 heteroatoms. The van der Waals surface area contributed by atoms with Gasteiger partial charge in [0.2, 0.25) is 5.89 Å². The summed E-state index contributed by atoms with van der Waals surface area (Å²) in [7, 11) is 0. The fourth-order valence-corrected chi connectivity index (χ4v) is 1.12. The van der Waals surface area contributed by atoms with E-state index in [4.69, 9.17) is 4.42 Å². The largest absolute Gasteiger partial charge is 0.416 e. The third-order valence-electron chi connectivity index (χ3n) is 0.952. The topological polar surface area (TPSA) is 38.9 Å². The monoisotopic (exact) mass is 168 g/mol. The Morgan fingerprint density at radius 3 is 2.91 bits per heavy atom. The van der Waals surface area contributed by atoms with E-state index in [0.717, 1.165) is 0 Å². The van der Waals surface area contributed by atoms with E-state index in [-0.39, 0.29) is 0 Å². The highest BCUT2D eigenvalue weighted by atomic mass is 32.2. The molecule has 11 heavy (non-hydrogen) atoms. The Kier molecular flexibility index (Phi) is 2.99. The zero-order valence-corrected chi connectivity index (χ0v) is 7.23. The van der Waals surface area contributed by atoms with Gasteiger partial charge >= 0.3 is 0 Å². The van der Waals surface area contributed by atoms with E-state index in [1.54, 1.807) is 13.8 Å². The molecule has 0 N–H and O–H groups in total. The highest BCUT2D eigenvalue weighted by Crippen LogP contribution is 2.13. The second-order valence-electron chi connectivity index (χ2n) is 1.80. The summed E-state index contributed by atoms with van der Waals surface area (Å²) in [4.78, 5) is 0. The first-order valence-corrected chi connectivity index (χ1v) is 4.14. The lowest BCUT2D eigenvalue weighted by atomic mass is 10.7. The van der Waals surface area contributed by atoms with Gasteiger partial charge in [0.05, 0.1) is 5.75 Å². The molecule has 0 bridgehead atoms. The quantitative estimate of drug-likeness (QED) is 0.495. The molecule has 0 aromatic carbocycles. The zero-order chi connectivity index (χ0) is 8.10. The summed E-state index contributed by atoms with van der Waals surface area (Å²) in [6.45, 7) is 3.57. The molecule has 0 amide bonds. The van der Waals surface area contributed by atoms with Crippen LogP contribution in [0.2, 0.25) is 0 Å². The lowest BCUT2D eigenvalue weighted by Gasteiger charge is -1.83. The summed E-state index contributed by atoms with van der Waals surface area (Å²) >= 11 is 1.45. The molecule has 0 radical (unpaired) electrons. The van der Waals surface area contributed by atoms with E-state index in [9.17, 15) is 0 Å². The second-order valence-corrected chi connectivity index (χ2v) is 2.73. The van der Waals surface area contributed by atoms with Crippen LogP contribution in [0.25, 0.3) is 0 Å². The van der Waals surface area contributed by atoms with E-state index < -0.39 is 0 Å². The van der Waals surface area contributed by atoms with Gasteiger partial charge in [-0.1, -0.05) is 17.7 Å². The minimum Gasteiger partial charge on any atom is -0.416 e. The molecule has 1 heterocycles. The summed E-state index contributed by atoms with van der Waals surface area (Å²) in [5.41, 5.74) is 0. The molecular formula is C7H8N2OS. The minimum absolute atomic E-state index is 0.588. The molecule has 1 aromatic rings. The van der Waals surface area contributed by atoms with E-state index in [2.05, 4.69) is 22.0 Å². The predicted molar refractivity (Wildman–Crippen MR) is 43.2 cm³/mol.